The van der Waals surface area contributed by atoms with E-state index in [1.165, 1.54) is 56.2 Å². The van der Waals surface area contributed by atoms with Gasteiger partial charge in [-0.05, 0) is 93.6 Å². The molecule has 0 unspecified atom stereocenters. The van der Waals surface area contributed by atoms with E-state index < -0.39 is 0 Å². The molecule has 0 spiro atoms. The second kappa shape index (κ2) is 6.29. The van der Waals surface area contributed by atoms with Gasteiger partial charge in [0, 0.05) is 16.5 Å². The Hall–Kier alpha value is -1.42. The van der Waals surface area contributed by atoms with Crippen molar-refractivity contribution in [1.82, 2.24) is 4.98 Å². The lowest BCUT2D eigenvalue weighted by Crippen LogP contribution is -2.49. The molecule has 4 saturated carbocycles. The Bertz CT molecular complexity index is 924. The monoisotopic (exact) mass is 394 g/mol. The minimum Gasteiger partial charge on any atom is -0.397 e. The Kier molecular flexibility index (Phi) is 3.92. The molecule has 2 N–H and O–H groups in total. The van der Waals surface area contributed by atoms with E-state index in [9.17, 15) is 4.79 Å². The number of nitrogens with two attached hydrogens (primary N) is 1. The van der Waals surface area contributed by atoms with Crippen molar-refractivity contribution < 1.29 is 4.79 Å². The molecule has 0 aliphatic heterocycles. The molecule has 0 radical (unpaired) electrons. The van der Waals surface area contributed by atoms with Crippen LogP contribution in [-0.4, -0.2) is 10.8 Å². The number of hydrogen-bond acceptors (Lipinski definition) is 4. The number of aromatic nitrogens is 1. The van der Waals surface area contributed by atoms with Gasteiger partial charge < -0.3 is 5.73 Å². The van der Waals surface area contributed by atoms with E-state index in [2.05, 4.69) is 6.07 Å². The van der Waals surface area contributed by atoms with Crippen LogP contribution < -0.4 is 5.73 Å². The van der Waals surface area contributed by atoms with Crippen LogP contribution in [0.3, 0.4) is 0 Å². The quantitative estimate of drug-likeness (QED) is 0.642. The number of aryl methyl sites for hydroxylation is 2. The fourth-order valence-corrected chi connectivity index (χ4v) is 8.47. The number of ketones is 1. The summed E-state index contributed by atoms with van der Waals surface area (Å²) < 4.78 is 0. The largest absolute Gasteiger partial charge is 0.397 e. The molecule has 0 atom stereocenters. The van der Waals surface area contributed by atoms with Crippen LogP contribution in [0.2, 0.25) is 0 Å². The number of fused-ring (bicyclic) bond motifs is 2. The number of carbonyl (C=O) groups is 1. The van der Waals surface area contributed by atoms with E-state index in [0.29, 0.717) is 5.78 Å². The smallest absolute Gasteiger partial charge is 0.181 e. The Labute approximate surface area is 171 Å². The van der Waals surface area contributed by atoms with Gasteiger partial charge in [0.15, 0.2) is 5.78 Å². The number of anilines is 1. The zero-order chi connectivity index (χ0) is 18.9. The van der Waals surface area contributed by atoms with Crippen molar-refractivity contribution in [2.75, 3.05) is 5.73 Å². The van der Waals surface area contributed by atoms with E-state index >= 15 is 0 Å². The van der Waals surface area contributed by atoms with Gasteiger partial charge in [0.2, 0.25) is 0 Å². The summed E-state index contributed by atoms with van der Waals surface area (Å²) >= 11 is 1.58. The molecule has 2 aromatic rings. The summed E-state index contributed by atoms with van der Waals surface area (Å²) in [5, 5.41) is 1.04. The molecule has 3 nitrogen and oxygen atoms in total. The standard InChI is InChI=1S/C24H30N2OS/c25-20-18-10-17-5-3-1-2-4-6-19(17)26-23(18)28-21(20)22(27)24-11-14-7-15(12-24)9-16(8-14)13-24/h10,14-16H,1-9,11-13,25H2. The van der Waals surface area contributed by atoms with Crippen LogP contribution in [0.1, 0.15) is 85.1 Å². The fourth-order valence-electron chi connectivity index (χ4n) is 7.31. The molecule has 4 bridgehead atoms. The van der Waals surface area contributed by atoms with Crippen LogP contribution in [0.5, 0.6) is 0 Å². The topological polar surface area (TPSA) is 56.0 Å². The molecule has 4 heteroatoms. The minimum atomic E-state index is -0.113. The van der Waals surface area contributed by atoms with Gasteiger partial charge in [0.1, 0.15) is 4.83 Å². The van der Waals surface area contributed by atoms with Crippen molar-refractivity contribution in [3.63, 3.8) is 0 Å². The molecule has 0 amide bonds. The summed E-state index contributed by atoms with van der Waals surface area (Å²) in [4.78, 5) is 20.6. The molecule has 28 heavy (non-hydrogen) atoms. The van der Waals surface area contributed by atoms with Crippen molar-refractivity contribution in [2.45, 2.75) is 77.0 Å². The number of nitrogen functional groups attached to an aromatic ring is 1. The van der Waals surface area contributed by atoms with Crippen LogP contribution in [0, 0.1) is 23.2 Å². The highest BCUT2D eigenvalue weighted by atomic mass is 32.1. The Morgan fingerprint density at radius 3 is 2.32 bits per heavy atom. The van der Waals surface area contributed by atoms with Crippen LogP contribution in [0.15, 0.2) is 6.07 Å². The maximum atomic E-state index is 13.8. The molecule has 148 valence electrons. The average molecular weight is 395 g/mol. The summed E-state index contributed by atoms with van der Waals surface area (Å²) in [6, 6.07) is 2.27. The first-order valence-electron chi connectivity index (χ1n) is 11.4. The third kappa shape index (κ3) is 2.59. The maximum absolute atomic E-state index is 13.8. The molecule has 7 rings (SSSR count). The summed E-state index contributed by atoms with van der Waals surface area (Å²) in [7, 11) is 0. The number of carbonyl (C=O) groups excluding carboxylic acids is 1. The number of hydrogen-bond donors (Lipinski definition) is 1. The van der Waals surface area contributed by atoms with E-state index in [1.807, 2.05) is 0 Å². The first-order chi connectivity index (χ1) is 13.6. The van der Waals surface area contributed by atoms with Gasteiger partial charge >= 0.3 is 0 Å². The molecule has 0 saturated heterocycles. The number of thiophene rings is 1. The summed E-state index contributed by atoms with van der Waals surface area (Å²) in [5.74, 6) is 2.70. The molecular formula is C24H30N2OS. The van der Waals surface area contributed by atoms with Gasteiger partial charge in [0.25, 0.3) is 0 Å². The molecule has 4 fully saturated rings. The van der Waals surface area contributed by atoms with Gasteiger partial charge in [-0.1, -0.05) is 12.8 Å². The molecular weight excluding hydrogens is 364 g/mol. The Morgan fingerprint density at radius 2 is 1.64 bits per heavy atom. The van der Waals surface area contributed by atoms with Gasteiger partial charge in [-0.3, -0.25) is 4.79 Å². The Balaban J connectivity index is 1.41. The second-order valence-electron chi connectivity index (χ2n) is 10.2. The van der Waals surface area contributed by atoms with Crippen LogP contribution >= 0.6 is 11.3 Å². The first kappa shape index (κ1) is 17.4. The minimum absolute atomic E-state index is 0.113. The summed E-state index contributed by atoms with van der Waals surface area (Å²) in [6.45, 7) is 0. The molecule has 2 aromatic heterocycles. The van der Waals surface area contributed by atoms with Crippen LogP contribution in [0.4, 0.5) is 5.69 Å². The molecule has 2 heterocycles. The van der Waals surface area contributed by atoms with Crippen molar-refractivity contribution in [1.29, 1.82) is 0 Å². The SMILES string of the molecule is Nc1c(C(=O)C23CC4CC(CC(C4)C2)C3)sc2nc3c(cc12)CCCCCC3. The van der Waals surface area contributed by atoms with Crippen molar-refractivity contribution in [3.8, 4) is 0 Å². The van der Waals surface area contributed by atoms with Gasteiger partial charge in [-0.2, -0.15) is 0 Å². The fraction of sp³-hybridized carbons (Fsp3) is 0.667. The third-order valence-corrected chi connectivity index (χ3v) is 9.34. The summed E-state index contributed by atoms with van der Waals surface area (Å²) in [6.07, 6.45) is 14.7. The molecule has 5 aliphatic rings. The highest BCUT2D eigenvalue weighted by Gasteiger charge is 2.55. The predicted octanol–water partition coefficient (Wildman–Crippen LogP) is 5.94. The predicted molar refractivity (Wildman–Crippen MR) is 115 cm³/mol. The highest BCUT2D eigenvalue weighted by molar-refractivity contribution is 7.21. The van der Waals surface area contributed by atoms with Crippen molar-refractivity contribution >= 4 is 33.0 Å². The number of nitrogens with zero attached hydrogens (tertiary/aromatic N) is 1. The zero-order valence-electron chi connectivity index (χ0n) is 16.6. The summed E-state index contributed by atoms with van der Waals surface area (Å²) in [5.41, 5.74) is 9.84. The molecule has 5 aliphatic carbocycles. The van der Waals surface area contributed by atoms with Crippen LogP contribution in [0.25, 0.3) is 10.2 Å². The number of pyridine rings is 1. The van der Waals surface area contributed by atoms with Crippen LogP contribution in [-0.2, 0) is 12.8 Å². The van der Waals surface area contributed by atoms with Gasteiger partial charge in [-0.25, -0.2) is 4.98 Å². The van der Waals surface area contributed by atoms with E-state index in [1.54, 1.807) is 11.3 Å². The van der Waals surface area contributed by atoms with Gasteiger partial charge in [-0.15, -0.1) is 11.3 Å². The normalized spacial score (nSPS) is 34.2. The van der Waals surface area contributed by atoms with Gasteiger partial charge in [0.05, 0.1) is 10.6 Å². The average Bonchev–Trinajstić information content (AvgIpc) is 2.95. The Morgan fingerprint density at radius 1 is 1.00 bits per heavy atom. The molecule has 0 aromatic carbocycles. The van der Waals surface area contributed by atoms with Crippen molar-refractivity contribution in [3.05, 3.63) is 22.2 Å². The maximum Gasteiger partial charge on any atom is 0.181 e. The van der Waals surface area contributed by atoms with E-state index in [4.69, 9.17) is 10.7 Å². The number of rotatable bonds is 2. The number of Topliss-reactive ketones (excluding diaryl/α,β-unsaturated/α-hetero) is 1. The zero-order valence-corrected chi connectivity index (χ0v) is 17.5. The third-order valence-electron chi connectivity index (χ3n) is 8.23. The van der Waals surface area contributed by atoms with E-state index in [-0.39, 0.29) is 5.41 Å². The lowest BCUT2D eigenvalue weighted by Gasteiger charge is -2.55. The van der Waals surface area contributed by atoms with Crippen molar-refractivity contribution in [2.24, 2.45) is 23.2 Å². The highest BCUT2D eigenvalue weighted by Crippen LogP contribution is 2.61. The lowest BCUT2D eigenvalue weighted by atomic mass is 9.48. The first-order valence-corrected chi connectivity index (χ1v) is 12.2. The lowest BCUT2D eigenvalue weighted by molar-refractivity contribution is -0.0350. The second-order valence-corrected chi connectivity index (χ2v) is 11.2. The van der Waals surface area contributed by atoms with E-state index in [0.717, 1.165) is 70.6 Å².